The zero-order valence-electron chi connectivity index (χ0n) is 11.3. The molecule has 1 aliphatic rings. The highest BCUT2D eigenvalue weighted by molar-refractivity contribution is 4.83. The molecule has 1 aromatic rings. The molecule has 0 aromatic carbocycles. The van der Waals surface area contributed by atoms with Crippen LogP contribution in [-0.2, 0) is 6.54 Å². The number of imidazole rings is 1. The molecule has 3 atom stereocenters. The summed E-state index contributed by atoms with van der Waals surface area (Å²) >= 11 is 0. The standard InChI is InChI=1S/C14H25N3/c1-11-6-12(2)8-14(7-11)16-13(3)9-17-5-4-15-10-17/h4-5,10-14,16H,6-9H2,1-3H3. The SMILES string of the molecule is CC1CC(C)CC(NC(C)Cn2ccnc2)C1. The summed E-state index contributed by atoms with van der Waals surface area (Å²) in [7, 11) is 0. The Bertz CT molecular complexity index is 310. The highest BCUT2D eigenvalue weighted by Crippen LogP contribution is 2.28. The maximum atomic E-state index is 4.08. The van der Waals surface area contributed by atoms with E-state index < -0.39 is 0 Å². The fourth-order valence-electron chi connectivity index (χ4n) is 3.25. The normalized spacial score (nSPS) is 31.4. The summed E-state index contributed by atoms with van der Waals surface area (Å²) < 4.78 is 2.15. The van der Waals surface area contributed by atoms with Crippen molar-refractivity contribution in [3.8, 4) is 0 Å². The second kappa shape index (κ2) is 5.67. The van der Waals surface area contributed by atoms with E-state index in [0.29, 0.717) is 12.1 Å². The molecule has 17 heavy (non-hydrogen) atoms. The number of nitrogens with zero attached hydrogens (tertiary/aromatic N) is 2. The van der Waals surface area contributed by atoms with Crippen molar-refractivity contribution in [2.45, 2.75) is 58.7 Å². The van der Waals surface area contributed by atoms with Gasteiger partial charge < -0.3 is 9.88 Å². The van der Waals surface area contributed by atoms with Crippen molar-refractivity contribution >= 4 is 0 Å². The molecule has 3 nitrogen and oxygen atoms in total. The fourth-order valence-corrected chi connectivity index (χ4v) is 3.25. The summed E-state index contributed by atoms with van der Waals surface area (Å²) in [5.41, 5.74) is 0. The van der Waals surface area contributed by atoms with Gasteiger partial charge in [-0.25, -0.2) is 4.98 Å². The summed E-state index contributed by atoms with van der Waals surface area (Å²) in [5, 5.41) is 3.77. The number of aromatic nitrogens is 2. The molecule has 0 bridgehead atoms. The Morgan fingerprint density at radius 2 is 2.00 bits per heavy atom. The Labute approximate surface area is 105 Å². The van der Waals surface area contributed by atoms with Gasteiger partial charge in [-0.3, -0.25) is 0 Å². The zero-order valence-corrected chi connectivity index (χ0v) is 11.3. The number of nitrogens with one attached hydrogen (secondary N) is 1. The van der Waals surface area contributed by atoms with E-state index in [1.807, 2.05) is 18.7 Å². The van der Waals surface area contributed by atoms with Crippen LogP contribution in [0.15, 0.2) is 18.7 Å². The summed E-state index contributed by atoms with van der Waals surface area (Å²) in [6, 6.07) is 1.22. The van der Waals surface area contributed by atoms with E-state index in [1.54, 1.807) is 0 Å². The van der Waals surface area contributed by atoms with E-state index >= 15 is 0 Å². The van der Waals surface area contributed by atoms with Crippen LogP contribution in [0.2, 0.25) is 0 Å². The second-order valence-corrected chi connectivity index (χ2v) is 5.94. The van der Waals surface area contributed by atoms with E-state index in [4.69, 9.17) is 0 Å². The molecule has 1 N–H and O–H groups in total. The van der Waals surface area contributed by atoms with Gasteiger partial charge in [-0.05, 0) is 38.0 Å². The van der Waals surface area contributed by atoms with E-state index in [-0.39, 0.29) is 0 Å². The van der Waals surface area contributed by atoms with E-state index in [2.05, 4.69) is 35.6 Å². The van der Waals surface area contributed by atoms with Crippen molar-refractivity contribution in [2.75, 3.05) is 0 Å². The minimum atomic E-state index is 0.520. The minimum Gasteiger partial charge on any atom is -0.336 e. The highest BCUT2D eigenvalue weighted by atomic mass is 15.1. The van der Waals surface area contributed by atoms with Crippen LogP contribution in [0.5, 0.6) is 0 Å². The van der Waals surface area contributed by atoms with Gasteiger partial charge in [-0.15, -0.1) is 0 Å². The summed E-state index contributed by atoms with van der Waals surface area (Å²) in [6.07, 6.45) is 9.83. The Hall–Kier alpha value is -0.830. The molecular weight excluding hydrogens is 210 g/mol. The van der Waals surface area contributed by atoms with Gasteiger partial charge in [0, 0.05) is 31.0 Å². The lowest BCUT2D eigenvalue weighted by Gasteiger charge is -2.34. The lowest BCUT2D eigenvalue weighted by Crippen LogP contribution is -2.42. The first-order chi connectivity index (χ1) is 8.13. The Kier molecular flexibility index (Phi) is 4.21. The maximum Gasteiger partial charge on any atom is 0.0946 e. The average molecular weight is 235 g/mol. The molecule has 3 heteroatoms. The topological polar surface area (TPSA) is 29.9 Å². The predicted octanol–water partition coefficient (Wildman–Crippen LogP) is 2.69. The maximum absolute atomic E-state index is 4.08. The summed E-state index contributed by atoms with van der Waals surface area (Å²) in [5.74, 6) is 1.74. The van der Waals surface area contributed by atoms with E-state index in [0.717, 1.165) is 18.4 Å². The van der Waals surface area contributed by atoms with Crippen molar-refractivity contribution in [1.29, 1.82) is 0 Å². The van der Waals surface area contributed by atoms with Gasteiger partial charge in [0.1, 0.15) is 0 Å². The molecule has 0 aliphatic heterocycles. The third-order valence-corrected chi connectivity index (χ3v) is 3.74. The van der Waals surface area contributed by atoms with Gasteiger partial charge in [-0.1, -0.05) is 13.8 Å². The first-order valence-electron chi connectivity index (χ1n) is 6.85. The van der Waals surface area contributed by atoms with Crippen LogP contribution >= 0.6 is 0 Å². The molecule has 0 saturated heterocycles. The first kappa shape index (κ1) is 12.6. The molecule has 0 radical (unpaired) electrons. The molecule has 1 aliphatic carbocycles. The lowest BCUT2D eigenvalue weighted by molar-refractivity contribution is 0.223. The minimum absolute atomic E-state index is 0.520. The van der Waals surface area contributed by atoms with Crippen molar-refractivity contribution in [3.63, 3.8) is 0 Å². The van der Waals surface area contributed by atoms with Crippen molar-refractivity contribution in [1.82, 2.24) is 14.9 Å². The van der Waals surface area contributed by atoms with E-state index in [1.165, 1.54) is 19.3 Å². The summed E-state index contributed by atoms with van der Waals surface area (Å²) in [6.45, 7) is 8.04. The van der Waals surface area contributed by atoms with Gasteiger partial charge in [0.2, 0.25) is 0 Å². The number of hydrogen-bond acceptors (Lipinski definition) is 2. The van der Waals surface area contributed by atoms with Crippen LogP contribution in [0.1, 0.15) is 40.0 Å². The van der Waals surface area contributed by atoms with Crippen LogP contribution < -0.4 is 5.32 Å². The summed E-state index contributed by atoms with van der Waals surface area (Å²) in [4.78, 5) is 4.08. The second-order valence-electron chi connectivity index (χ2n) is 5.94. The van der Waals surface area contributed by atoms with Crippen molar-refractivity contribution < 1.29 is 0 Å². The Morgan fingerprint density at radius 1 is 1.29 bits per heavy atom. The monoisotopic (exact) mass is 235 g/mol. The highest BCUT2D eigenvalue weighted by Gasteiger charge is 2.24. The van der Waals surface area contributed by atoms with Gasteiger partial charge in [-0.2, -0.15) is 0 Å². The molecule has 1 heterocycles. The van der Waals surface area contributed by atoms with Crippen LogP contribution in [0, 0.1) is 11.8 Å². The fraction of sp³-hybridized carbons (Fsp3) is 0.786. The third-order valence-electron chi connectivity index (χ3n) is 3.74. The average Bonchev–Trinajstić information content (AvgIpc) is 2.67. The van der Waals surface area contributed by atoms with Gasteiger partial charge >= 0.3 is 0 Å². The van der Waals surface area contributed by atoms with Crippen molar-refractivity contribution in [3.05, 3.63) is 18.7 Å². The Balaban J connectivity index is 1.79. The van der Waals surface area contributed by atoms with Crippen LogP contribution in [-0.4, -0.2) is 21.6 Å². The quantitative estimate of drug-likeness (QED) is 0.869. The zero-order chi connectivity index (χ0) is 12.3. The van der Waals surface area contributed by atoms with Crippen LogP contribution in [0.4, 0.5) is 0 Å². The molecule has 0 spiro atoms. The predicted molar refractivity (Wildman–Crippen MR) is 70.8 cm³/mol. The molecule has 1 saturated carbocycles. The largest absolute Gasteiger partial charge is 0.336 e. The molecule has 3 unspecified atom stereocenters. The van der Waals surface area contributed by atoms with Crippen LogP contribution in [0.25, 0.3) is 0 Å². The molecule has 2 rings (SSSR count). The lowest BCUT2D eigenvalue weighted by atomic mass is 9.80. The van der Waals surface area contributed by atoms with Crippen LogP contribution in [0.3, 0.4) is 0 Å². The molecule has 96 valence electrons. The van der Waals surface area contributed by atoms with Gasteiger partial charge in [0.05, 0.1) is 6.33 Å². The molecule has 1 aromatic heterocycles. The van der Waals surface area contributed by atoms with Gasteiger partial charge in [0.15, 0.2) is 0 Å². The molecule has 0 amide bonds. The smallest absolute Gasteiger partial charge is 0.0946 e. The first-order valence-corrected chi connectivity index (χ1v) is 6.85. The number of hydrogen-bond donors (Lipinski definition) is 1. The molecular formula is C14H25N3. The third kappa shape index (κ3) is 3.84. The number of rotatable bonds is 4. The van der Waals surface area contributed by atoms with E-state index in [9.17, 15) is 0 Å². The van der Waals surface area contributed by atoms with Crippen molar-refractivity contribution in [2.24, 2.45) is 11.8 Å². The Morgan fingerprint density at radius 3 is 2.59 bits per heavy atom. The van der Waals surface area contributed by atoms with Gasteiger partial charge in [0.25, 0.3) is 0 Å². The molecule has 1 fully saturated rings.